The zero-order valence-corrected chi connectivity index (χ0v) is 14.9. The summed E-state index contributed by atoms with van der Waals surface area (Å²) in [5.41, 5.74) is 0.0589. The van der Waals surface area contributed by atoms with E-state index in [0.29, 0.717) is 11.1 Å². The summed E-state index contributed by atoms with van der Waals surface area (Å²) in [5, 5.41) is 9.54. The summed E-state index contributed by atoms with van der Waals surface area (Å²) in [7, 11) is -1.07. The first-order valence-electron chi connectivity index (χ1n) is 8.31. The molecule has 1 aliphatic heterocycles. The van der Waals surface area contributed by atoms with E-state index in [2.05, 4.69) is 0 Å². The number of hydrogen-bond acceptors (Lipinski definition) is 3. The molecule has 25 heavy (non-hydrogen) atoms. The molecule has 0 radical (unpaired) electrons. The molecule has 2 aromatic carbocycles. The highest BCUT2D eigenvalue weighted by Gasteiger charge is 2.53. The van der Waals surface area contributed by atoms with Gasteiger partial charge in [0.05, 0.1) is 11.2 Å². The highest BCUT2D eigenvalue weighted by atomic mass is 19.1. The van der Waals surface area contributed by atoms with Gasteiger partial charge in [-0.1, -0.05) is 42.5 Å². The van der Waals surface area contributed by atoms with Crippen molar-refractivity contribution in [1.29, 1.82) is 0 Å². The average molecular weight is 340 g/mol. The molecule has 0 atom stereocenters. The molecule has 0 aliphatic carbocycles. The normalized spacial score (nSPS) is 19.6. The number of halogens is 1. The number of benzene rings is 2. The van der Waals surface area contributed by atoms with Gasteiger partial charge < -0.3 is 14.4 Å². The minimum Gasteiger partial charge on any atom is -0.508 e. The van der Waals surface area contributed by atoms with Crippen molar-refractivity contribution in [3.05, 3.63) is 71.5 Å². The Morgan fingerprint density at radius 3 is 1.84 bits per heavy atom. The molecule has 0 unspecified atom stereocenters. The molecular formula is C20H22BFO3. The molecule has 5 heteroatoms. The van der Waals surface area contributed by atoms with E-state index in [0.717, 1.165) is 5.56 Å². The number of phenols is 1. The maximum absolute atomic E-state index is 15.5. The zero-order valence-electron chi connectivity index (χ0n) is 14.9. The van der Waals surface area contributed by atoms with Crippen molar-refractivity contribution in [2.24, 2.45) is 0 Å². The minimum atomic E-state index is -1.07. The number of hydrogen-bond donors (Lipinski definition) is 1. The molecule has 1 heterocycles. The molecule has 1 fully saturated rings. The van der Waals surface area contributed by atoms with Crippen LogP contribution < -0.4 is 0 Å². The second-order valence-electron chi connectivity index (χ2n) is 7.22. The van der Waals surface area contributed by atoms with E-state index in [-0.39, 0.29) is 5.75 Å². The molecule has 1 aliphatic rings. The van der Waals surface area contributed by atoms with Crippen LogP contribution in [0.4, 0.5) is 4.39 Å². The number of rotatable bonds is 3. The summed E-state index contributed by atoms with van der Waals surface area (Å²) in [6.07, 6.45) is 0. The van der Waals surface area contributed by atoms with Crippen molar-refractivity contribution < 1.29 is 18.8 Å². The van der Waals surface area contributed by atoms with E-state index in [1.54, 1.807) is 12.1 Å². The molecule has 0 bridgehead atoms. The van der Waals surface area contributed by atoms with Crippen LogP contribution in [0.1, 0.15) is 38.8 Å². The SMILES string of the molecule is CC1(C)OB(C(F)=C(c2ccccc2)c2ccc(O)cc2)OC1(C)C. The van der Waals surface area contributed by atoms with Crippen LogP contribution in [0.2, 0.25) is 0 Å². The second kappa shape index (κ2) is 6.32. The van der Waals surface area contributed by atoms with Gasteiger partial charge in [-0.05, 0) is 51.0 Å². The Kier molecular flexibility index (Phi) is 4.48. The lowest BCUT2D eigenvalue weighted by atomic mass is 9.80. The summed E-state index contributed by atoms with van der Waals surface area (Å²) < 4.78 is 27.2. The van der Waals surface area contributed by atoms with E-state index in [1.165, 1.54) is 12.1 Å². The van der Waals surface area contributed by atoms with E-state index in [4.69, 9.17) is 9.31 Å². The van der Waals surface area contributed by atoms with Crippen LogP contribution >= 0.6 is 0 Å². The van der Waals surface area contributed by atoms with E-state index >= 15 is 4.39 Å². The first-order valence-corrected chi connectivity index (χ1v) is 8.31. The van der Waals surface area contributed by atoms with E-state index in [1.807, 2.05) is 58.0 Å². The van der Waals surface area contributed by atoms with Gasteiger partial charge in [-0.25, -0.2) is 4.39 Å². The molecule has 0 amide bonds. The lowest BCUT2D eigenvalue weighted by Gasteiger charge is -2.32. The van der Waals surface area contributed by atoms with Crippen molar-refractivity contribution in [2.45, 2.75) is 38.9 Å². The molecule has 3 nitrogen and oxygen atoms in total. The van der Waals surface area contributed by atoms with Gasteiger partial charge in [0.2, 0.25) is 0 Å². The van der Waals surface area contributed by atoms with Crippen LogP contribution in [-0.2, 0) is 9.31 Å². The van der Waals surface area contributed by atoms with Crippen molar-refractivity contribution in [1.82, 2.24) is 0 Å². The fourth-order valence-corrected chi connectivity index (χ4v) is 2.74. The van der Waals surface area contributed by atoms with Gasteiger partial charge in [0.1, 0.15) is 11.5 Å². The zero-order chi connectivity index (χ0) is 18.2. The van der Waals surface area contributed by atoms with Gasteiger partial charge >= 0.3 is 7.12 Å². The molecule has 0 spiro atoms. The summed E-state index contributed by atoms with van der Waals surface area (Å²) in [5.74, 6) is 0.132. The Labute approximate surface area is 148 Å². The minimum absolute atomic E-state index is 0.132. The van der Waals surface area contributed by atoms with Crippen LogP contribution in [0.15, 0.2) is 60.3 Å². The Bertz CT molecular complexity index is 766. The topological polar surface area (TPSA) is 38.7 Å². The van der Waals surface area contributed by atoms with Gasteiger partial charge in [0, 0.05) is 5.57 Å². The molecule has 0 aromatic heterocycles. The standard InChI is InChI=1S/C20H22BFO3/c1-19(2)20(3,4)25-21(24-19)18(22)17(14-8-6-5-7-9-14)15-10-12-16(23)13-11-15/h5-13,23H,1-4H3. The smallest absolute Gasteiger partial charge is 0.508 e. The van der Waals surface area contributed by atoms with Crippen LogP contribution in [0, 0.1) is 0 Å². The maximum Gasteiger partial charge on any atom is 0.525 e. The van der Waals surface area contributed by atoms with Crippen molar-refractivity contribution >= 4 is 12.7 Å². The van der Waals surface area contributed by atoms with Gasteiger partial charge in [0.25, 0.3) is 0 Å². The lowest BCUT2D eigenvalue weighted by Crippen LogP contribution is -2.41. The van der Waals surface area contributed by atoms with Gasteiger partial charge in [-0.2, -0.15) is 0 Å². The van der Waals surface area contributed by atoms with E-state index < -0.39 is 24.0 Å². The first kappa shape index (κ1) is 17.7. The first-order chi connectivity index (χ1) is 11.7. The van der Waals surface area contributed by atoms with Gasteiger partial charge in [-0.15, -0.1) is 0 Å². The summed E-state index contributed by atoms with van der Waals surface area (Å²) in [4.78, 5) is 0. The number of aromatic hydroxyl groups is 1. The predicted octanol–water partition coefficient (Wildman–Crippen LogP) is 4.75. The Morgan fingerprint density at radius 1 is 0.840 bits per heavy atom. The van der Waals surface area contributed by atoms with Gasteiger partial charge in [-0.3, -0.25) is 0 Å². The second-order valence-corrected chi connectivity index (χ2v) is 7.22. The highest BCUT2D eigenvalue weighted by molar-refractivity contribution is 6.55. The Hall–Kier alpha value is -2.11. The largest absolute Gasteiger partial charge is 0.525 e. The van der Waals surface area contributed by atoms with Crippen molar-refractivity contribution in [3.8, 4) is 5.75 Å². The van der Waals surface area contributed by atoms with Crippen LogP contribution in [-0.4, -0.2) is 23.4 Å². The average Bonchev–Trinajstić information content (AvgIpc) is 2.78. The van der Waals surface area contributed by atoms with E-state index in [9.17, 15) is 5.11 Å². The van der Waals surface area contributed by atoms with Crippen molar-refractivity contribution in [2.75, 3.05) is 0 Å². The highest BCUT2D eigenvalue weighted by Crippen LogP contribution is 2.41. The summed E-state index contributed by atoms with van der Waals surface area (Å²) >= 11 is 0. The molecule has 3 rings (SSSR count). The van der Waals surface area contributed by atoms with Crippen molar-refractivity contribution in [3.63, 3.8) is 0 Å². The molecule has 1 N–H and O–H groups in total. The lowest BCUT2D eigenvalue weighted by molar-refractivity contribution is 0.00578. The van der Waals surface area contributed by atoms with Crippen LogP contribution in [0.5, 0.6) is 5.75 Å². The fourth-order valence-electron chi connectivity index (χ4n) is 2.74. The van der Waals surface area contributed by atoms with Crippen LogP contribution in [0.3, 0.4) is 0 Å². The van der Waals surface area contributed by atoms with Gasteiger partial charge in [0.15, 0.2) is 0 Å². The summed E-state index contributed by atoms with van der Waals surface area (Å²) in [6.45, 7) is 7.57. The monoisotopic (exact) mass is 340 g/mol. The molecule has 2 aromatic rings. The Morgan fingerprint density at radius 2 is 1.32 bits per heavy atom. The Balaban J connectivity index is 2.11. The third kappa shape index (κ3) is 3.35. The maximum atomic E-state index is 15.5. The fraction of sp³-hybridized carbons (Fsp3) is 0.300. The molecule has 1 saturated heterocycles. The number of phenolic OH excluding ortho intramolecular Hbond substituents is 1. The quantitative estimate of drug-likeness (QED) is 0.820. The predicted molar refractivity (Wildman–Crippen MR) is 97.8 cm³/mol. The summed E-state index contributed by atoms with van der Waals surface area (Å²) in [6, 6.07) is 15.7. The molecule has 0 saturated carbocycles. The molecular weight excluding hydrogens is 318 g/mol. The van der Waals surface area contributed by atoms with Crippen LogP contribution in [0.25, 0.3) is 5.57 Å². The third-order valence-electron chi connectivity index (χ3n) is 4.92. The molecule has 130 valence electrons. The third-order valence-corrected chi connectivity index (χ3v) is 4.92.